The van der Waals surface area contributed by atoms with Crippen molar-refractivity contribution in [3.05, 3.63) is 70.2 Å². The topological polar surface area (TPSA) is 49.4 Å². The van der Waals surface area contributed by atoms with Gasteiger partial charge in [0.15, 0.2) is 0 Å². The predicted molar refractivity (Wildman–Crippen MR) is 101 cm³/mol. The molecule has 2 rings (SSSR count). The normalized spacial score (nSPS) is 11.1. The quantitative estimate of drug-likeness (QED) is 0.822. The van der Waals surface area contributed by atoms with Gasteiger partial charge in [-0.15, -0.1) is 0 Å². The standard InChI is InChI=1S/C20H23ClN2O2/c1-5-14-6-8-16(9-7-14)19(25)23(20(2,3)4)22-18(24)15-10-12-17(21)13-11-15/h6-13H,5H2,1-4H3,(H,22,24). The van der Waals surface area contributed by atoms with Gasteiger partial charge in [0.25, 0.3) is 11.8 Å². The molecule has 0 saturated carbocycles. The number of amides is 2. The monoisotopic (exact) mass is 358 g/mol. The Morgan fingerprint density at radius 3 is 1.96 bits per heavy atom. The summed E-state index contributed by atoms with van der Waals surface area (Å²) in [6.07, 6.45) is 0.907. The summed E-state index contributed by atoms with van der Waals surface area (Å²) in [5.41, 5.74) is 4.27. The van der Waals surface area contributed by atoms with Crippen molar-refractivity contribution in [2.75, 3.05) is 0 Å². The van der Waals surface area contributed by atoms with Crippen molar-refractivity contribution in [2.24, 2.45) is 0 Å². The van der Waals surface area contributed by atoms with E-state index in [2.05, 4.69) is 12.3 Å². The summed E-state index contributed by atoms with van der Waals surface area (Å²) in [7, 11) is 0. The Hall–Kier alpha value is -2.33. The van der Waals surface area contributed by atoms with Crippen molar-refractivity contribution in [3.63, 3.8) is 0 Å². The molecule has 0 aromatic heterocycles. The van der Waals surface area contributed by atoms with Gasteiger partial charge in [0, 0.05) is 16.1 Å². The molecule has 2 aromatic carbocycles. The number of hydrazine groups is 1. The van der Waals surface area contributed by atoms with Crippen molar-refractivity contribution in [1.82, 2.24) is 10.4 Å². The van der Waals surface area contributed by atoms with Crippen LogP contribution >= 0.6 is 11.6 Å². The van der Waals surface area contributed by atoms with E-state index in [1.54, 1.807) is 36.4 Å². The van der Waals surface area contributed by atoms with Crippen LogP contribution < -0.4 is 5.43 Å². The average molecular weight is 359 g/mol. The van der Waals surface area contributed by atoms with Gasteiger partial charge in [-0.2, -0.15) is 0 Å². The number of carbonyl (C=O) groups excluding carboxylic acids is 2. The lowest BCUT2D eigenvalue weighted by Crippen LogP contribution is -2.55. The van der Waals surface area contributed by atoms with Gasteiger partial charge >= 0.3 is 0 Å². The van der Waals surface area contributed by atoms with Crippen LogP contribution in [0.15, 0.2) is 48.5 Å². The Bertz CT molecular complexity index is 747. The van der Waals surface area contributed by atoms with E-state index in [0.717, 1.165) is 12.0 Å². The molecule has 5 heteroatoms. The summed E-state index contributed by atoms with van der Waals surface area (Å²) >= 11 is 5.85. The zero-order valence-corrected chi connectivity index (χ0v) is 15.7. The molecule has 2 amide bonds. The first-order valence-corrected chi connectivity index (χ1v) is 8.60. The Morgan fingerprint density at radius 1 is 0.960 bits per heavy atom. The lowest BCUT2D eigenvalue weighted by molar-refractivity contribution is 0.0358. The second-order valence-electron chi connectivity index (χ2n) is 6.81. The largest absolute Gasteiger partial charge is 0.272 e. The molecule has 0 aliphatic carbocycles. The third-order valence-corrected chi connectivity index (χ3v) is 4.05. The van der Waals surface area contributed by atoms with Gasteiger partial charge in [0.1, 0.15) is 0 Å². The molecule has 0 aliphatic rings. The maximum atomic E-state index is 12.9. The SMILES string of the molecule is CCc1ccc(C(=O)N(NC(=O)c2ccc(Cl)cc2)C(C)(C)C)cc1. The molecule has 2 aromatic rings. The fourth-order valence-corrected chi connectivity index (χ4v) is 2.43. The van der Waals surface area contributed by atoms with Gasteiger partial charge in [0.2, 0.25) is 0 Å². The molecule has 0 heterocycles. The number of halogens is 1. The fraction of sp³-hybridized carbons (Fsp3) is 0.300. The molecule has 0 saturated heterocycles. The highest BCUT2D eigenvalue weighted by atomic mass is 35.5. The number of hydrogen-bond acceptors (Lipinski definition) is 2. The second-order valence-corrected chi connectivity index (χ2v) is 7.25. The van der Waals surface area contributed by atoms with Gasteiger partial charge < -0.3 is 0 Å². The van der Waals surface area contributed by atoms with E-state index in [0.29, 0.717) is 16.1 Å². The lowest BCUT2D eigenvalue weighted by atomic mass is 10.0. The first-order chi connectivity index (χ1) is 11.7. The van der Waals surface area contributed by atoms with Crippen LogP contribution in [0, 0.1) is 0 Å². The number of carbonyl (C=O) groups is 2. The first-order valence-electron chi connectivity index (χ1n) is 8.22. The van der Waals surface area contributed by atoms with Crippen molar-refractivity contribution in [2.45, 2.75) is 39.7 Å². The zero-order valence-electron chi connectivity index (χ0n) is 15.0. The summed E-state index contributed by atoms with van der Waals surface area (Å²) in [6, 6.07) is 14.0. The summed E-state index contributed by atoms with van der Waals surface area (Å²) in [6.45, 7) is 7.67. The maximum absolute atomic E-state index is 12.9. The maximum Gasteiger partial charge on any atom is 0.272 e. The van der Waals surface area contributed by atoms with Crippen molar-refractivity contribution in [3.8, 4) is 0 Å². The minimum Gasteiger partial charge on any atom is -0.267 e. The van der Waals surface area contributed by atoms with Gasteiger partial charge in [0.05, 0.1) is 5.54 Å². The third kappa shape index (κ3) is 4.83. The Kier molecular flexibility index (Phi) is 5.85. The van der Waals surface area contributed by atoms with E-state index in [1.165, 1.54) is 5.01 Å². The zero-order chi connectivity index (χ0) is 18.6. The Labute approximate surface area is 153 Å². The first kappa shape index (κ1) is 19.0. The van der Waals surface area contributed by atoms with Crippen LogP contribution in [0.1, 0.15) is 54.0 Å². The number of rotatable bonds is 3. The molecule has 0 aliphatic heterocycles. The molecule has 0 fully saturated rings. The molecule has 1 N–H and O–H groups in total. The minimum atomic E-state index is -0.581. The highest BCUT2D eigenvalue weighted by Gasteiger charge is 2.29. The number of hydrogen-bond donors (Lipinski definition) is 1. The summed E-state index contributed by atoms with van der Waals surface area (Å²) in [4.78, 5) is 25.4. The predicted octanol–water partition coefficient (Wildman–Crippen LogP) is 4.49. The molecule has 0 atom stereocenters. The summed E-state index contributed by atoms with van der Waals surface area (Å²) in [5, 5.41) is 1.92. The van der Waals surface area contributed by atoms with Gasteiger partial charge in [-0.1, -0.05) is 30.7 Å². The molecule has 132 valence electrons. The summed E-state index contributed by atoms with van der Waals surface area (Å²) in [5.74, 6) is -0.609. The van der Waals surface area contributed by atoms with Crippen LogP contribution in [-0.2, 0) is 6.42 Å². The molecule has 25 heavy (non-hydrogen) atoms. The molecule has 0 spiro atoms. The lowest BCUT2D eigenvalue weighted by Gasteiger charge is -2.35. The van der Waals surface area contributed by atoms with E-state index in [-0.39, 0.29) is 11.8 Å². The molecular weight excluding hydrogens is 336 g/mol. The van der Waals surface area contributed by atoms with Crippen molar-refractivity contribution in [1.29, 1.82) is 0 Å². The molecular formula is C20H23ClN2O2. The number of nitrogens with zero attached hydrogens (tertiary/aromatic N) is 1. The Balaban J connectivity index is 2.24. The van der Waals surface area contributed by atoms with Crippen molar-refractivity contribution >= 4 is 23.4 Å². The molecule has 0 bridgehead atoms. The number of benzene rings is 2. The number of nitrogens with one attached hydrogen (secondary N) is 1. The van der Waals surface area contributed by atoms with Crippen molar-refractivity contribution < 1.29 is 9.59 Å². The van der Waals surface area contributed by atoms with Gasteiger partial charge in [-0.05, 0) is 69.2 Å². The van der Waals surface area contributed by atoms with Gasteiger partial charge in [-0.25, -0.2) is 5.01 Å². The molecule has 0 unspecified atom stereocenters. The highest BCUT2D eigenvalue weighted by molar-refractivity contribution is 6.30. The van der Waals surface area contributed by atoms with Crippen LogP contribution in [0.4, 0.5) is 0 Å². The highest BCUT2D eigenvalue weighted by Crippen LogP contribution is 2.17. The molecule has 4 nitrogen and oxygen atoms in total. The van der Waals surface area contributed by atoms with E-state index >= 15 is 0 Å². The molecule has 0 radical (unpaired) electrons. The van der Waals surface area contributed by atoms with Gasteiger partial charge in [-0.3, -0.25) is 15.0 Å². The van der Waals surface area contributed by atoms with Crippen LogP contribution in [-0.4, -0.2) is 22.4 Å². The smallest absolute Gasteiger partial charge is 0.267 e. The van der Waals surface area contributed by atoms with E-state index in [4.69, 9.17) is 11.6 Å². The average Bonchev–Trinajstić information content (AvgIpc) is 2.58. The Morgan fingerprint density at radius 2 is 1.48 bits per heavy atom. The van der Waals surface area contributed by atoms with Crippen LogP contribution in [0.5, 0.6) is 0 Å². The van der Waals surface area contributed by atoms with Crippen LogP contribution in [0.3, 0.4) is 0 Å². The second kappa shape index (κ2) is 7.70. The van der Waals surface area contributed by atoms with Crippen LogP contribution in [0.2, 0.25) is 5.02 Å². The fourth-order valence-electron chi connectivity index (χ4n) is 2.30. The minimum absolute atomic E-state index is 0.252. The van der Waals surface area contributed by atoms with Crippen LogP contribution in [0.25, 0.3) is 0 Å². The third-order valence-electron chi connectivity index (χ3n) is 3.80. The van der Waals surface area contributed by atoms with E-state index < -0.39 is 5.54 Å². The van der Waals surface area contributed by atoms with E-state index in [9.17, 15) is 9.59 Å². The van der Waals surface area contributed by atoms with E-state index in [1.807, 2.05) is 32.9 Å². The summed E-state index contributed by atoms with van der Waals surface area (Å²) < 4.78 is 0. The number of aryl methyl sites for hydroxylation is 1.